The van der Waals surface area contributed by atoms with Gasteiger partial charge in [0.15, 0.2) is 9.84 Å². The molecule has 0 spiro atoms. The topological polar surface area (TPSA) is 106 Å². The van der Waals surface area contributed by atoms with Crippen molar-refractivity contribution in [2.45, 2.75) is 11.8 Å². The Kier molecular flexibility index (Phi) is 4.07. The first kappa shape index (κ1) is 14.2. The van der Waals surface area contributed by atoms with Crippen LogP contribution in [0.3, 0.4) is 0 Å². The van der Waals surface area contributed by atoms with E-state index in [2.05, 4.69) is 5.32 Å². The lowest BCUT2D eigenvalue weighted by molar-refractivity contribution is -0.117. The highest BCUT2D eigenvalue weighted by atomic mass is 32.2. The molecular formula is C11H14N2O4S. The second-order valence-electron chi connectivity index (χ2n) is 3.90. The van der Waals surface area contributed by atoms with Crippen molar-refractivity contribution in [3.63, 3.8) is 0 Å². The number of amides is 2. The third-order valence-electron chi connectivity index (χ3n) is 2.30. The summed E-state index contributed by atoms with van der Waals surface area (Å²) in [5.41, 5.74) is 5.73. The highest BCUT2D eigenvalue weighted by Crippen LogP contribution is 2.15. The SMILES string of the molecule is Cc1ccc(S(C)(=O)=O)cc1C(=O)NCC(N)=O. The molecule has 0 radical (unpaired) electrons. The number of hydrogen-bond donors (Lipinski definition) is 2. The van der Waals surface area contributed by atoms with Crippen LogP contribution in [0, 0.1) is 6.92 Å². The summed E-state index contributed by atoms with van der Waals surface area (Å²) in [4.78, 5) is 22.3. The molecule has 0 heterocycles. The maximum absolute atomic E-state index is 11.7. The number of benzene rings is 1. The molecule has 7 heteroatoms. The van der Waals surface area contributed by atoms with Crippen molar-refractivity contribution in [2.75, 3.05) is 12.8 Å². The van der Waals surface area contributed by atoms with E-state index in [0.717, 1.165) is 6.26 Å². The highest BCUT2D eigenvalue weighted by molar-refractivity contribution is 7.90. The first-order chi connectivity index (χ1) is 8.21. The van der Waals surface area contributed by atoms with Gasteiger partial charge in [0, 0.05) is 11.8 Å². The van der Waals surface area contributed by atoms with Gasteiger partial charge in [-0.1, -0.05) is 6.07 Å². The zero-order valence-electron chi connectivity index (χ0n) is 10.1. The summed E-state index contributed by atoms with van der Waals surface area (Å²) in [7, 11) is -3.38. The molecule has 0 saturated heterocycles. The van der Waals surface area contributed by atoms with E-state index in [0.29, 0.717) is 5.56 Å². The van der Waals surface area contributed by atoms with Crippen LogP contribution in [0.25, 0.3) is 0 Å². The lowest BCUT2D eigenvalue weighted by atomic mass is 10.1. The molecule has 98 valence electrons. The van der Waals surface area contributed by atoms with Crippen molar-refractivity contribution in [1.29, 1.82) is 0 Å². The van der Waals surface area contributed by atoms with Gasteiger partial charge in [0.2, 0.25) is 5.91 Å². The predicted molar refractivity (Wildman–Crippen MR) is 65.8 cm³/mol. The van der Waals surface area contributed by atoms with E-state index in [-0.39, 0.29) is 17.0 Å². The average molecular weight is 270 g/mol. The summed E-state index contributed by atoms with van der Waals surface area (Å²) >= 11 is 0. The van der Waals surface area contributed by atoms with Gasteiger partial charge in [0.25, 0.3) is 5.91 Å². The fourth-order valence-corrected chi connectivity index (χ4v) is 1.99. The minimum atomic E-state index is -3.38. The number of aryl methyl sites for hydroxylation is 1. The van der Waals surface area contributed by atoms with Gasteiger partial charge in [-0.2, -0.15) is 0 Å². The number of carbonyl (C=O) groups is 2. The molecule has 6 nitrogen and oxygen atoms in total. The van der Waals surface area contributed by atoms with E-state index in [1.165, 1.54) is 18.2 Å². The molecule has 0 atom stereocenters. The lowest BCUT2D eigenvalue weighted by Crippen LogP contribution is -2.33. The molecule has 0 bridgehead atoms. The summed E-state index contributed by atoms with van der Waals surface area (Å²) in [5.74, 6) is -1.20. The average Bonchev–Trinajstić information content (AvgIpc) is 2.24. The van der Waals surface area contributed by atoms with E-state index in [9.17, 15) is 18.0 Å². The van der Waals surface area contributed by atoms with E-state index in [4.69, 9.17) is 5.73 Å². The molecule has 0 aliphatic rings. The van der Waals surface area contributed by atoms with Crippen LogP contribution in [-0.4, -0.2) is 33.0 Å². The van der Waals surface area contributed by atoms with Crippen molar-refractivity contribution in [3.05, 3.63) is 29.3 Å². The van der Waals surface area contributed by atoms with Crippen LogP contribution in [0.2, 0.25) is 0 Å². The number of nitrogens with two attached hydrogens (primary N) is 1. The molecule has 1 aromatic carbocycles. The van der Waals surface area contributed by atoms with Crippen LogP contribution >= 0.6 is 0 Å². The Labute approximate surface area is 105 Å². The minimum absolute atomic E-state index is 0.0531. The summed E-state index contributed by atoms with van der Waals surface area (Å²) in [5, 5.41) is 2.31. The summed E-state index contributed by atoms with van der Waals surface area (Å²) in [6, 6.07) is 4.24. The largest absolute Gasteiger partial charge is 0.368 e. The van der Waals surface area contributed by atoms with E-state index in [1.807, 2.05) is 0 Å². The fraction of sp³-hybridized carbons (Fsp3) is 0.273. The van der Waals surface area contributed by atoms with Crippen LogP contribution in [0.4, 0.5) is 0 Å². The fourth-order valence-electron chi connectivity index (χ4n) is 1.34. The van der Waals surface area contributed by atoms with Crippen molar-refractivity contribution < 1.29 is 18.0 Å². The quantitative estimate of drug-likeness (QED) is 0.777. The van der Waals surface area contributed by atoms with Crippen molar-refractivity contribution in [3.8, 4) is 0 Å². The molecule has 0 saturated carbocycles. The van der Waals surface area contributed by atoms with Crippen molar-refractivity contribution >= 4 is 21.7 Å². The van der Waals surface area contributed by atoms with Crippen LogP contribution in [0.1, 0.15) is 15.9 Å². The Bertz CT molecular complexity index is 593. The smallest absolute Gasteiger partial charge is 0.252 e. The van der Waals surface area contributed by atoms with Gasteiger partial charge < -0.3 is 11.1 Å². The van der Waals surface area contributed by atoms with Crippen LogP contribution < -0.4 is 11.1 Å². The highest BCUT2D eigenvalue weighted by Gasteiger charge is 2.14. The Morgan fingerprint density at radius 1 is 1.33 bits per heavy atom. The molecule has 1 aromatic rings. The van der Waals surface area contributed by atoms with Gasteiger partial charge in [0.1, 0.15) is 0 Å². The van der Waals surface area contributed by atoms with E-state index < -0.39 is 21.7 Å². The number of carbonyl (C=O) groups excluding carboxylic acids is 2. The van der Waals surface area contributed by atoms with Crippen molar-refractivity contribution in [2.24, 2.45) is 5.73 Å². The standard InChI is InChI=1S/C11H14N2O4S/c1-7-3-4-8(18(2,16)17)5-9(7)11(15)13-6-10(12)14/h3-5H,6H2,1-2H3,(H2,12,14)(H,13,15). The Morgan fingerprint density at radius 2 is 1.94 bits per heavy atom. The second kappa shape index (κ2) is 5.18. The first-order valence-corrected chi connectivity index (χ1v) is 6.98. The zero-order chi connectivity index (χ0) is 13.9. The van der Waals surface area contributed by atoms with Gasteiger partial charge >= 0.3 is 0 Å². The van der Waals surface area contributed by atoms with Gasteiger partial charge in [-0.3, -0.25) is 9.59 Å². The van der Waals surface area contributed by atoms with Gasteiger partial charge in [-0.25, -0.2) is 8.42 Å². The van der Waals surface area contributed by atoms with Gasteiger partial charge in [0.05, 0.1) is 11.4 Å². The van der Waals surface area contributed by atoms with E-state index in [1.54, 1.807) is 6.92 Å². The van der Waals surface area contributed by atoms with Gasteiger partial charge in [-0.15, -0.1) is 0 Å². The monoisotopic (exact) mass is 270 g/mol. The molecule has 18 heavy (non-hydrogen) atoms. The first-order valence-electron chi connectivity index (χ1n) is 5.09. The summed E-state index contributed by atoms with van der Waals surface area (Å²) in [6.45, 7) is 1.38. The molecule has 0 aromatic heterocycles. The summed E-state index contributed by atoms with van der Waals surface area (Å²) < 4.78 is 22.8. The normalized spacial score (nSPS) is 11.0. The number of hydrogen-bond acceptors (Lipinski definition) is 4. The number of nitrogens with one attached hydrogen (secondary N) is 1. The third kappa shape index (κ3) is 3.56. The molecule has 0 unspecified atom stereocenters. The third-order valence-corrected chi connectivity index (χ3v) is 3.42. The minimum Gasteiger partial charge on any atom is -0.368 e. The molecule has 0 aliphatic heterocycles. The Morgan fingerprint density at radius 3 is 2.44 bits per heavy atom. The molecule has 2 amide bonds. The Hall–Kier alpha value is -1.89. The van der Waals surface area contributed by atoms with Crippen LogP contribution in [0.15, 0.2) is 23.1 Å². The molecular weight excluding hydrogens is 256 g/mol. The molecule has 3 N–H and O–H groups in total. The predicted octanol–water partition coefficient (Wildman–Crippen LogP) is -0.386. The summed E-state index contributed by atoms with van der Waals surface area (Å²) in [6.07, 6.45) is 1.06. The van der Waals surface area contributed by atoms with Crippen LogP contribution in [-0.2, 0) is 14.6 Å². The van der Waals surface area contributed by atoms with Crippen molar-refractivity contribution in [1.82, 2.24) is 5.32 Å². The lowest BCUT2D eigenvalue weighted by Gasteiger charge is -2.08. The number of sulfone groups is 1. The maximum Gasteiger partial charge on any atom is 0.252 e. The maximum atomic E-state index is 11.7. The molecule has 0 aliphatic carbocycles. The molecule has 0 fully saturated rings. The Balaban J connectivity index is 3.08. The zero-order valence-corrected chi connectivity index (χ0v) is 10.9. The number of primary amides is 1. The second-order valence-corrected chi connectivity index (χ2v) is 5.91. The number of rotatable bonds is 4. The molecule has 1 rings (SSSR count). The van der Waals surface area contributed by atoms with Crippen LogP contribution in [0.5, 0.6) is 0 Å². The van der Waals surface area contributed by atoms with Gasteiger partial charge in [-0.05, 0) is 24.6 Å². The van der Waals surface area contributed by atoms with E-state index >= 15 is 0 Å².